The predicted octanol–water partition coefficient (Wildman–Crippen LogP) is 4.34. The standard InChI is InChI=1S/C20H17F3N4O2/c21-20(22,23)17-10-13(16-6-3-9-29-16)24-18-11-14(25-27(17)18)19(28)26-8-7-12-4-1-2-5-15(12)26/h1-6,9,11,13,17,24H,7-8,10H2. The summed E-state index contributed by atoms with van der Waals surface area (Å²) in [5.41, 5.74) is 1.80. The van der Waals surface area contributed by atoms with Gasteiger partial charge in [0, 0.05) is 24.7 Å². The monoisotopic (exact) mass is 402 g/mol. The Morgan fingerprint density at radius 3 is 2.79 bits per heavy atom. The van der Waals surface area contributed by atoms with Crippen molar-refractivity contribution in [2.24, 2.45) is 0 Å². The zero-order chi connectivity index (χ0) is 20.2. The van der Waals surface area contributed by atoms with Crippen LogP contribution < -0.4 is 10.2 Å². The number of nitrogens with one attached hydrogen (secondary N) is 1. The maximum atomic E-state index is 13.7. The Hall–Kier alpha value is -3.23. The van der Waals surface area contributed by atoms with Gasteiger partial charge in [0.15, 0.2) is 11.7 Å². The first-order valence-corrected chi connectivity index (χ1v) is 9.28. The molecule has 0 saturated heterocycles. The van der Waals surface area contributed by atoms with Crippen LogP contribution in [-0.4, -0.2) is 28.4 Å². The summed E-state index contributed by atoms with van der Waals surface area (Å²) in [6, 6.07) is 9.65. The second-order valence-electron chi connectivity index (χ2n) is 7.20. The van der Waals surface area contributed by atoms with Gasteiger partial charge < -0.3 is 14.6 Å². The Morgan fingerprint density at radius 1 is 1.21 bits per heavy atom. The number of nitrogens with zero attached hydrogens (tertiary/aromatic N) is 3. The number of aromatic nitrogens is 2. The number of para-hydroxylation sites is 1. The molecule has 150 valence electrons. The lowest BCUT2D eigenvalue weighted by Gasteiger charge is -2.32. The number of amides is 1. The van der Waals surface area contributed by atoms with Crippen molar-refractivity contribution in [1.82, 2.24) is 9.78 Å². The molecule has 0 spiro atoms. The molecule has 0 radical (unpaired) electrons. The number of alkyl halides is 3. The second-order valence-corrected chi connectivity index (χ2v) is 7.20. The molecule has 1 N–H and O–H groups in total. The summed E-state index contributed by atoms with van der Waals surface area (Å²) >= 11 is 0. The summed E-state index contributed by atoms with van der Waals surface area (Å²) in [5.74, 6) is 0.151. The number of rotatable bonds is 2. The number of furan rings is 1. The Labute approximate surface area is 163 Å². The number of hydrogen-bond donors (Lipinski definition) is 1. The van der Waals surface area contributed by atoms with Gasteiger partial charge in [-0.1, -0.05) is 18.2 Å². The van der Waals surface area contributed by atoms with E-state index in [-0.39, 0.29) is 17.9 Å². The Morgan fingerprint density at radius 2 is 2.03 bits per heavy atom. The molecule has 2 aliphatic rings. The number of carbonyl (C=O) groups excluding carboxylic acids is 1. The number of fused-ring (bicyclic) bond motifs is 2. The van der Waals surface area contributed by atoms with Crippen molar-refractivity contribution in [2.45, 2.75) is 31.1 Å². The molecular weight excluding hydrogens is 385 g/mol. The van der Waals surface area contributed by atoms with Crippen LogP contribution in [0.15, 0.2) is 53.1 Å². The minimum atomic E-state index is -4.51. The topological polar surface area (TPSA) is 63.3 Å². The molecule has 0 aliphatic carbocycles. The number of halogens is 3. The molecule has 2 unspecified atom stereocenters. The van der Waals surface area contributed by atoms with Gasteiger partial charge in [0.25, 0.3) is 5.91 Å². The van der Waals surface area contributed by atoms with Crippen LogP contribution in [0.5, 0.6) is 0 Å². The van der Waals surface area contributed by atoms with Crippen molar-refractivity contribution >= 4 is 17.4 Å². The summed E-state index contributed by atoms with van der Waals surface area (Å²) in [4.78, 5) is 14.6. The van der Waals surface area contributed by atoms with Crippen LogP contribution in [0, 0.1) is 0 Å². The van der Waals surface area contributed by atoms with Gasteiger partial charge in [0.1, 0.15) is 11.6 Å². The number of benzene rings is 1. The van der Waals surface area contributed by atoms with E-state index in [1.807, 2.05) is 24.3 Å². The lowest BCUT2D eigenvalue weighted by Crippen LogP contribution is -2.35. The zero-order valence-corrected chi connectivity index (χ0v) is 15.2. The summed E-state index contributed by atoms with van der Waals surface area (Å²) < 4.78 is 47.3. The molecule has 2 aliphatic heterocycles. The molecule has 2 aromatic heterocycles. The molecule has 2 atom stereocenters. The van der Waals surface area contributed by atoms with Crippen molar-refractivity contribution in [2.75, 3.05) is 16.8 Å². The Bertz CT molecular complexity index is 1060. The third kappa shape index (κ3) is 2.97. The summed E-state index contributed by atoms with van der Waals surface area (Å²) in [5, 5.41) is 7.07. The van der Waals surface area contributed by atoms with E-state index in [9.17, 15) is 18.0 Å². The molecule has 29 heavy (non-hydrogen) atoms. The van der Waals surface area contributed by atoms with E-state index < -0.39 is 24.2 Å². The largest absolute Gasteiger partial charge is 0.467 e. The van der Waals surface area contributed by atoms with E-state index in [1.54, 1.807) is 17.0 Å². The van der Waals surface area contributed by atoms with Crippen LogP contribution in [0.25, 0.3) is 0 Å². The number of hydrogen-bond acceptors (Lipinski definition) is 4. The van der Waals surface area contributed by atoms with Gasteiger partial charge in [-0.05, 0) is 30.2 Å². The third-order valence-electron chi connectivity index (χ3n) is 5.43. The van der Waals surface area contributed by atoms with Crippen molar-refractivity contribution in [3.63, 3.8) is 0 Å². The lowest BCUT2D eigenvalue weighted by atomic mass is 10.0. The second kappa shape index (κ2) is 6.40. The molecule has 6 nitrogen and oxygen atoms in total. The third-order valence-corrected chi connectivity index (χ3v) is 5.43. The first-order valence-electron chi connectivity index (χ1n) is 9.28. The van der Waals surface area contributed by atoms with Gasteiger partial charge in [-0.3, -0.25) is 4.79 Å². The molecule has 0 saturated carbocycles. The van der Waals surface area contributed by atoms with Crippen LogP contribution in [0.1, 0.15) is 40.3 Å². The normalized spacial score (nSPS) is 20.9. The fourth-order valence-electron chi connectivity index (χ4n) is 4.04. The Balaban J connectivity index is 1.50. The van der Waals surface area contributed by atoms with Gasteiger partial charge in [0.2, 0.25) is 0 Å². The van der Waals surface area contributed by atoms with Gasteiger partial charge in [-0.2, -0.15) is 18.3 Å². The first-order chi connectivity index (χ1) is 13.9. The molecule has 0 fully saturated rings. The van der Waals surface area contributed by atoms with E-state index >= 15 is 0 Å². The van der Waals surface area contributed by atoms with E-state index in [2.05, 4.69) is 10.4 Å². The first kappa shape index (κ1) is 17.8. The maximum absolute atomic E-state index is 13.7. The highest BCUT2D eigenvalue weighted by atomic mass is 19.4. The van der Waals surface area contributed by atoms with Crippen LogP contribution in [0.3, 0.4) is 0 Å². The molecular formula is C20H17F3N4O2. The predicted molar refractivity (Wildman–Crippen MR) is 98.8 cm³/mol. The van der Waals surface area contributed by atoms with E-state index in [0.717, 1.165) is 15.9 Å². The molecule has 1 aromatic carbocycles. The number of carbonyl (C=O) groups is 1. The maximum Gasteiger partial charge on any atom is 0.410 e. The summed E-state index contributed by atoms with van der Waals surface area (Å²) in [7, 11) is 0. The molecule has 1 amide bonds. The van der Waals surface area contributed by atoms with Crippen LogP contribution in [0.2, 0.25) is 0 Å². The quantitative estimate of drug-likeness (QED) is 0.693. The van der Waals surface area contributed by atoms with Gasteiger partial charge in [0.05, 0.1) is 12.3 Å². The smallest absolute Gasteiger partial charge is 0.410 e. The SMILES string of the molecule is O=C(c1cc2n(n1)C(C(F)(F)F)CC(c1ccco1)N2)N1CCc2ccccc21. The minimum absolute atomic E-state index is 0.0152. The van der Waals surface area contributed by atoms with E-state index in [0.29, 0.717) is 18.7 Å². The molecule has 0 bridgehead atoms. The highest BCUT2D eigenvalue weighted by Crippen LogP contribution is 2.44. The lowest BCUT2D eigenvalue weighted by molar-refractivity contribution is -0.174. The van der Waals surface area contributed by atoms with Crippen molar-refractivity contribution in [3.8, 4) is 0 Å². The van der Waals surface area contributed by atoms with Crippen molar-refractivity contribution < 1.29 is 22.4 Å². The van der Waals surface area contributed by atoms with Gasteiger partial charge in [-0.25, -0.2) is 4.68 Å². The van der Waals surface area contributed by atoms with E-state index in [1.165, 1.54) is 12.3 Å². The molecule has 4 heterocycles. The highest BCUT2D eigenvalue weighted by molar-refractivity contribution is 6.06. The molecule has 3 aromatic rings. The fraction of sp³-hybridized carbons (Fsp3) is 0.300. The molecule has 9 heteroatoms. The molecule has 5 rings (SSSR count). The summed E-state index contributed by atoms with van der Waals surface area (Å²) in [6.45, 7) is 0.478. The van der Waals surface area contributed by atoms with Crippen LogP contribution in [0.4, 0.5) is 24.7 Å². The van der Waals surface area contributed by atoms with Crippen LogP contribution in [-0.2, 0) is 6.42 Å². The zero-order valence-electron chi connectivity index (χ0n) is 15.2. The van der Waals surface area contributed by atoms with Gasteiger partial charge >= 0.3 is 6.18 Å². The average Bonchev–Trinajstić information content (AvgIpc) is 3.44. The van der Waals surface area contributed by atoms with Crippen molar-refractivity contribution in [3.05, 3.63) is 65.7 Å². The van der Waals surface area contributed by atoms with Crippen LogP contribution >= 0.6 is 0 Å². The van der Waals surface area contributed by atoms with Gasteiger partial charge in [-0.15, -0.1) is 0 Å². The van der Waals surface area contributed by atoms with Crippen molar-refractivity contribution in [1.29, 1.82) is 0 Å². The Kier molecular flexibility index (Phi) is 3.94. The number of anilines is 2. The highest BCUT2D eigenvalue weighted by Gasteiger charge is 2.47. The minimum Gasteiger partial charge on any atom is -0.467 e. The fourth-order valence-corrected chi connectivity index (χ4v) is 4.04. The average molecular weight is 402 g/mol. The summed E-state index contributed by atoms with van der Waals surface area (Å²) in [6.07, 6.45) is -2.65. The van der Waals surface area contributed by atoms with E-state index in [4.69, 9.17) is 4.42 Å².